The molecule has 0 atom stereocenters. The molecule has 0 fully saturated rings. The molecule has 0 spiro atoms. The highest BCUT2D eigenvalue weighted by Crippen LogP contribution is 2.16. The first kappa shape index (κ1) is 15.6. The van der Waals surface area contributed by atoms with Gasteiger partial charge in [-0.25, -0.2) is 4.39 Å². The molecule has 1 aromatic rings. The second-order valence-electron chi connectivity index (χ2n) is 5.63. The highest BCUT2D eigenvalue weighted by molar-refractivity contribution is 5.96. The summed E-state index contributed by atoms with van der Waals surface area (Å²) in [6.45, 7) is 10.3. The normalized spacial score (nSPS) is 11.6. The summed E-state index contributed by atoms with van der Waals surface area (Å²) in [5.41, 5.74) is 6.94. The molecule has 0 aromatic heterocycles. The number of nitrogens with one attached hydrogen (secondary N) is 1. The molecule has 1 aromatic carbocycles. The Labute approximate surface area is 115 Å². The van der Waals surface area contributed by atoms with Gasteiger partial charge in [-0.3, -0.25) is 10.3 Å². The minimum Gasteiger partial charge on any atom is -0.384 e. The van der Waals surface area contributed by atoms with Gasteiger partial charge in [0, 0.05) is 24.7 Å². The molecule has 19 heavy (non-hydrogen) atoms. The van der Waals surface area contributed by atoms with Crippen LogP contribution in [-0.4, -0.2) is 23.3 Å². The number of benzene rings is 1. The van der Waals surface area contributed by atoms with E-state index in [2.05, 4.69) is 32.6 Å². The maximum Gasteiger partial charge on any atom is 0.123 e. The number of rotatable bonds is 6. The zero-order valence-corrected chi connectivity index (χ0v) is 12.2. The molecule has 106 valence electrons. The Morgan fingerprint density at radius 2 is 1.95 bits per heavy atom. The Morgan fingerprint density at radius 3 is 2.42 bits per heavy atom. The molecule has 0 amide bonds. The van der Waals surface area contributed by atoms with Crippen molar-refractivity contribution in [3.8, 4) is 0 Å². The second-order valence-corrected chi connectivity index (χ2v) is 5.63. The fourth-order valence-electron chi connectivity index (χ4n) is 2.08. The van der Waals surface area contributed by atoms with Gasteiger partial charge < -0.3 is 5.73 Å². The van der Waals surface area contributed by atoms with Crippen LogP contribution in [0.5, 0.6) is 0 Å². The lowest BCUT2D eigenvalue weighted by molar-refractivity contribution is 0.189. The second kappa shape index (κ2) is 6.66. The van der Waals surface area contributed by atoms with Crippen LogP contribution in [0.4, 0.5) is 4.39 Å². The number of nitrogens with zero attached hydrogens (tertiary/aromatic N) is 1. The third kappa shape index (κ3) is 4.63. The summed E-state index contributed by atoms with van der Waals surface area (Å²) in [4.78, 5) is 2.31. The molecule has 1 rings (SSSR count). The van der Waals surface area contributed by atoms with Crippen molar-refractivity contribution in [2.45, 2.75) is 40.3 Å². The van der Waals surface area contributed by atoms with E-state index in [9.17, 15) is 4.39 Å². The van der Waals surface area contributed by atoms with E-state index in [0.717, 1.165) is 12.1 Å². The van der Waals surface area contributed by atoms with Crippen molar-refractivity contribution in [3.63, 3.8) is 0 Å². The van der Waals surface area contributed by atoms with Crippen molar-refractivity contribution in [2.75, 3.05) is 6.54 Å². The van der Waals surface area contributed by atoms with E-state index in [4.69, 9.17) is 11.1 Å². The summed E-state index contributed by atoms with van der Waals surface area (Å²) in [6, 6.07) is 4.88. The van der Waals surface area contributed by atoms with Crippen molar-refractivity contribution >= 4 is 5.84 Å². The Morgan fingerprint density at radius 1 is 1.32 bits per heavy atom. The Balaban J connectivity index is 2.99. The first-order valence-electron chi connectivity index (χ1n) is 6.68. The summed E-state index contributed by atoms with van der Waals surface area (Å²) >= 11 is 0. The lowest BCUT2D eigenvalue weighted by Crippen LogP contribution is -2.34. The van der Waals surface area contributed by atoms with E-state index in [0.29, 0.717) is 24.1 Å². The molecule has 0 aliphatic carbocycles. The minimum absolute atomic E-state index is 0.0808. The molecule has 0 unspecified atom stereocenters. The van der Waals surface area contributed by atoms with E-state index in [-0.39, 0.29) is 11.7 Å². The summed E-state index contributed by atoms with van der Waals surface area (Å²) in [6.07, 6.45) is 0. The number of hydrogen-bond donors (Lipinski definition) is 2. The van der Waals surface area contributed by atoms with Gasteiger partial charge in [-0.05, 0) is 37.5 Å². The molecule has 0 aliphatic rings. The number of hydrogen-bond acceptors (Lipinski definition) is 2. The SMILES string of the molecule is CC(C)CN(Cc1ccc(F)cc1C(=N)N)C(C)C. The summed E-state index contributed by atoms with van der Waals surface area (Å²) in [7, 11) is 0. The molecule has 0 bridgehead atoms. The molecule has 0 saturated carbocycles. The Kier molecular flexibility index (Phi) is 5.48. The molecule has 3 N–H and O–H groups in total. The van der Waals surface area contributed by atoms with Crippen LogP contribution in [0.15, 0.2) is 18.2 Å². The fraction of sp³-hybridized carbons (Fsp3) is 0.533. The lowest BCUT2D eigenvalue weighted by Gasteiger charge is -2.29. The highest BCUT2D eigenvalue weighted by Gasteiger charge is 2.15. The predicted molar refractivity (Wildman–Crippen MR) is 77.8 cm³/mol. The van der Waals surface area contributed by atoms with Gasteiger partial charge in [0.05, 0.1) is 0 Å². The van der Waals surface area contributed by atoms with Crippen LogP contribution in [0.25, 0.3) is 0 Å². The average molecular weight is 265 g/mol. The summed E-state index contributed by atoms with van der Waals surface area (Å²) in [5.74, 6) is 0.125. The molecule has 4 heteroatoms. The monoisotopic (exact) mass is 265 g/mol. The Bertz CT molecular complexity index is 441. The van der Waals surface area contributed by atoms with E-state index in [1.54, 1.807) is 6.07 Å². The van der Waals surface area contributed by atoms with Crippen LogP contribution in [0.2, 0.25) is 0 Å². The van der Waals surface area contributed by atoms with Crippen LogP contribution in [0.1, 0.15) is 38.8 Å². The molecule has 3 nitrogen and oxygen atoms in total. The molecular formula is C15H24FN3. The molecular weight excluding hydrogens is 241 g/mol. The topological polar surface area (TPSA) is 53.1 Å². The van der Waals surface area contributed by atoms with Crippen LogP contribution >= 0.6 is 0 Å². The predicted octanol–water partition coefficient (Wildman–Crippen LogP) is 2.98. The van der Waals surface area contributed by atoms with Gasteiger partial charge in [0.1, 0.15) is 11.7 Å². The van der Waals surface area contributed by atoms with Gasteiger partial charge in [-0.1, -0.05) is 19.9 Å². The standard InChI is InChI=1S/C15H24FN3/c1-10(2)8-19(11(3)4)9-12-5-6-13(16)7-14(12)15(17)18/h5-7,10-11H,8-9H2,1-4H3,(H3,17,18). The van der Waals surface area contributed by atoms with Crippen LogP contribution in [0.3, 0.4) is 0 Å². The molecule has 0 saturated heterocycles. The lowest BCUT2D eigenvalue weighted by atomic mass is 10.0. The van der Waals surface area contributed by atoms with Gasteiger partial charge in [-0.2, -0.15) is 0 Å². The van der Waals surface area contributed by atoms with Crippen molar-refractivity contribution < 1.29 is 4.39 Å². The number of nitrogen functional groups attached to an aromatic ring is 1. The van der Waals surface area contributed by atoms with Crippen LogP contribution in [-0.2, 0) is 6.54 Å². The van der Waals surface area contributed by atoms with Gasteiger partial charge in [-0.15, -0.1) is 0 Å². The average Bonchev–Trinajstić information content (AvgIpc) is 2.29. The third-order valence-electron chi connectivity index (χ3n) is 3.07. The zero-order valence-electron chi connectivity index (χ0n) is 12.2. The van der Waals surface area contributed by atoms with E-state index in [1.165, 1.54) is 12.1 Å². The van der Waals surface area contributed by atoms with E-state index < -0.39 is 0 Å². The minimum atomic E-state index is -0.353. The Hall–Kier alpha value is -1.42. The van der Waals surface area contributed by atoms with E-state index >= 15 is 0 Å². The zero-order chi connectivity index (χ0) is 14.6. The largest absolute Gasteiger partial charge is 0.384 e. The fourth-order valence-corrected chi connectivity index (χ4v) is 2.08. The number of nitrogens with two attached hydrogens (primary N) is 1. The van der Waals surface area contributed by atoms with Crippen molar-refractivity contribution in [1.82, 2.24) is 4.90 Å². The number of halogens is 1. The first-order valence-corrected chi connectivity index (χ1v) is 6.68. The maximum absolute atomic E-state index is 13.2. The van der Waals surface area contributed by atoms with Crippen molar-refractivity contribution in [2.24, 2.45) is 11.7 Å². The molecule has 0 heterocycles. The number of amidine groups is 1. The molecule has 0 aliphatic heterocycles. The van der Waals surface area contributed by atoms with Crippen LogP contribution in [0, 0.1) is 17.1 Å². The first-order chi connectivity index (χ1) is 8.81. The summed E-state index contributed by atoms with van der Waals surface area (Å²) < 4.78 is 13.2. The van der Waals surface area contributed by atoms with Gasteiger partial charge in [0.25, 0.3) is 0 Å². The van der Waals surface area contributed by atoms with Crippen LogP contribution < -0.4 is 5.73 Å². The quantitative estimate of drug-likeness (QED) is 0.613. The molecule has 0 radical (unpaired) electrons. The van der Waals surface area contributed by atoms with Gasteiger partial charge in [0.15, 0.2) is 0 Å². The highest BCUT2D eigenvalue weighted by atomic mass is 19.1. The smallest absolute Gasteiger partial charge is 0.123 e. The van der Waals surface area contributed by atoms with Crippen molar-refractivity contribution in [1.29, 1.82) is 5.41 Å². The van der Waals surface area contributed by atoms with Gasteiger partial charge >= 0.3 is 0 Å². The third-order valence-corrected chi connectivity index (χ3v) is 3.07. The van der Waals surface area contributed by atoms with Gasteiger partial charge in [0.2, 0.25) is 0 Å². The van der Waals surface area contributed by atoms with E-state index in [1.807, 2.05) is 0 Å². The summed E-state index contributed by atoms with van der Waals surface area (Å²) in [5, 5.41) is 7.56. The maximum atomic E-state index is 13.2. The van der Waals surface area contributed by atoms with Crippen molar-refractivity contribution in [3.05, 3.63) is 35.1 Å².